The van der Waals surface area contributed by atoms with Crippen molar-refractivity contribution >= 4 is 29.2 Å². The van der Waals surface area contributed by atoms with Crippen molar-refractivity contribution in [1.29, 1.82) is 0 Å². The maximum absolute atomic E-state index is 10.7. The number of ether oxygens (including phenoxy) is 1. The van der Waals surface area contributed by atoms with E-state index in [9.17, 15) is 4.79 Å². The summed E-state index contributed by atoms with van der Waals surface area (Å²) in [5.74, 6) is -0.526. The number of rotatable bonds is 5. The van der Waals surface area contributed by atoms with Crippen LogP contribution in [0.3, 0.4) is 0 Å². The Balaban J connectivity index is 2.91. The van der Waals surface area contributed by atoms with Crippen LogP contribution in [0.5, 0.6) is 5.75 Å². The summed E-state index contributed by atoms with van der Waals surface area (Å²) in [5.41, 5.74) is 5.93. The van der Waals surface area contributed by atoms with Gasteiger partial charge in [-0.15, -0.1) is 0 Å². The van der Waals surface area contributed by atoms with Crippen molar-refractivity contribution < 1.29 is 14.6 Å². The fraction of sp³-hybridized carbons (Fsp3) is 0.500. The van der Waals surface area contributed by atoms with Crippen LogP contribution < -0.4 is 10.5 Å². The molecule has 0 saturated carbocycles. The van der Waals surface area contributed by atoms with E-state index >= 15 is 0 Å². The van der Waals surface area contributed by atoms with Gasteiger partial charge in [-0.1, -0.05) is 23.2 Å². The molecule has 0 fully saturated rings. The van der Waals surface area contributed by atoms with Crippen molar-refractivity contribution in [3.8, 4) is 5.75 Å². The summed E-state index contributed by atoms with van der Waals surface area (Å²) in [6.07, 6.45) is 0.813. The van der Waals surface area contributed by atoms with E-state index in [-0.39, 0.29) is 0 Å². The predicted molar refractivity (Wildman–Crippen MR) is 80.8 cm³/mol. The Morgan fingerprint density at radius 3 is 2.50 bits per heavy atom. The Hall–Kier alpha value is -0.970. The molecular formula is C14H19Cl2NO3. The average Bonchev–Trinajstić information content (AvgIpc) is 2.30. The maximum atomic E-state index is 10.7. The van der Waals surface area contributed by atoms with Crippen LogP contribution in [-0.2, 0) is 11.2 Å². The van der Waals surface area contributed by atoms with Gasteiger partial charge in [0, 0.05) is 0 Å². The molecule has 112 valence electrons. The summed E-state index contributed by atoms with van der Waals surface area (Å²) >= 11 is 12.2. The van der Waals surface area contributed by atoms with Gasteiger partial charge >= 0.3 is 5.97 Å². The average molecular weight is 320 g/mol. The smallest absolute Gasteiger partial charge is 0.320 e. The molecule has 0 heterocycles. The SMILES string of the molecule is CC(C)(C)Oc1cc(CCC(N)C(=O)O)cc(Cl)c1Cl. The molecule has 0 amide bonds. The van der Waals surface area contributed by atoms with Crippen LogP contribution in [0.4, 0.5) is 0 Å². The molecule has 6 heteroatoms. The van der Waals surface area contributed by atoms with Crippen LogP contribution in [0.1, 0.15) is 32.8 Å². The fourth-order valence-corrected chi connectivity index (χ4v) is 1.99. The van der Waals surface area contributed by atoms with Crippen LogP contribution in [0.2, 0.25) is 10.0 Å². The van der Waals surface area contributed by atoms with Gasteiger partial charge < -0.3 is 15.6 Å². The van der Waals surface area contributed by atoms with E-state index in [1.165, 1.54) is 0 Å². The molecule has 0 aromatic heterocycles. The van der Waals surface area contributed by atoms with E-state index in [4.69, 9.17) is 38.8 Å². The van der Waals surface area contributed by atoms with Crippen LogP contribution in [0.15, 0.2) is 12.1 Å². The van der Waals surface area contributed by atoms with Gasteiger partial charge in [-0.05, 0) is 51.3 Å². The molecule has 1 atom stereocenters. The van der Waals surface area contributed by atoms with Gasteiger partial charge in [-0.25, -0.2) is 0 Å². The van der Waals surface area contributed by atoms with Gasteiger partial charge in [0.1, 0.15) is 22.4 Å². The van der Waals surface area contributed by atoms with Gasteiger partial charge in [-0.2, -0.15) is 0 Å². The molecule has 1 aromatic carbocycles. The lowest BCUT2D eigenvalue weighted by molar-refractivity contribution is -0.138. The van der Waals surface area contributed by atoms with E-state index in [2.05, 4.69) is 0 Å². The highest BCUT2D eigenvalue weighted by Crippen LogP contribution is 2.35. The van der Waals surface area contributed by atoms with Crippen LogP contribution in [-0.4, -0.2) is 22.7 Å². The number of aryl methyl sites for hydroxylation is 1. The van der Waals surface area contributed by atoms with E-state index in [1.807, 2.05) is 20.8 Å². The second-order valence-electron chi connectivity index (χ2n) is 5.59. The molecule has 1 unspecified atom stereocenters. The maximum Gasteiger partial charge on any atom is 0.320 e. The molecule has 0 saturated heterocycles. The third kappa shape index (κ3) is 5.19. The van der Waals surface area contributed by atoms with Crippen molar-refractivity contribution in [3.63, 3.8) is 0 Å². The van der Waals surface area contributed by atoms with Gasteiger partial charge in [0.05, 0.1) is 5.02 Å². The summed E-state index contributed by atoms with van der Waals surface area (Å²) in [6, 6.07) is 2.58. The van der Waals surface area contributed by atoms with E-state index < -0.39 is 17.6 Å². The third-order valence-corrected chi connectivity index (χ3v) is 3.32. The number of nitrogens with two attached hydrogens (primary N) is 1. The number of carboxylic acids is 1. The van der Waals surface area contributed by atoms with Crippen LogP contribution >= 0.6 is 23.2 Å². The molecule has 1 rings (SSSR count). The van der Waals surface area contributed by atoms with Gasteiger partial charge in [0.2, 0.25) is 0 Å². The van der Waals surface area contributed by atoms with Crippen molar-refractivity contribution in [2.75, 3.05) is 0 Å². The quantitative estimate of drug-likeness (QED) is 0.871. The topological polar surface area (TPSA) is 72.5 Å². The van der Waals surface area contributed by atoms with Crippen LogP contribution in [0.25, 0.3) is 0 Å². The number of carboxylic acid groups (broad SMARTS) is 1. The highest BCUT2D eigenvalue weighted by Gasteiger charge is 2.18. The second-order valence-corrected chi connectivity index (χ2v) is 6.37. The first-order valence-electron chi connectivity index (χ1n) is 6.25. The molecule has 1 aromatic rings. The Kier molecular flexibility index (Phi) is 5.68. The van der Waals surface area contributed by atoms with E-state index in [0.717, 1.165) is 5.56 Å². The zero-order valence-electron chi connectivity index (χ0n) is 11.7. The highest BCUT2D eigenvalue weighted by atomic mass is 35.5. The fourth-order valence-electron chi connectivity index (χ4n) is 1.61. The Morgan fingerprint density at radius 2 is 2.00 bits per heavy atom. The summed E-state index contributed by atoms with van der Waals surface area (Å²) in [5, 5.41) is 9.51. The lowest BCUT2D eigenvalue weighted by Crippen LogP contribution is -2.30. The second kappa shape index (κ2) is 6.66. The van der Waals surface area contributed by atoms with Crippen molar-refractivity contribution in [2.45, 2.75) is 45.3 Å². The minimum absolute atomic E-state index is 0.322. The van der Waals surface area contributed by atoms with Crippen molar-refractivity contribution in [1.82, 2.24) is 0 Å². The lowest BCUT2D eigenvalue weighted by atomic mass is 10.1. The zero-order valence-corrected chi connectivity index (χ0v) is 13.3. The largest absolute Gasteiger partial charge is 0.487 e. The molecule has 0 radical (unpaired) electrons. The van der Waals surface area contributed by atoms with E-state index in [0.29, 0.717) is 28.6 Å². The van der Waals surface area contributed by atoms with Crippen molar-refractivity contribution in [2.24, 2.45) is 5.73 Å². The van der Waals surface area contributed by atoms with Crippen LogP contribution in [0, 0.1) is 0 Å². The first-order valence-corrected chi connectivity index (χ1v) is 7.01. The molecule has 0 bridgehead atoms. The first-order chi connectivity index (χ1) is 9.10. The lowest BCUT2D eigenvalue weighted by Gasteiger charge is -2.23. The molecule has 4 nitrogen and oxygen atoms in total. The minimum atomic E-state index is -1.02. The Labute approximate surface area is 128 Å². The molecule has 0 aliphatic carbocycles. The monoisotopic (exact) mass is 319 g/mol. The molecule has 0 spiro atoms. The number of aliphatic carboxylic acids is 1. The van der Waals surface area contributed by atoms with E-state index in [1.54, 1.807) is 12.1 Å². The summed E-state index contributed by atoms with van der Waals surface area (Å²) in [6.45, 7) is 5.72. The third-order valence-electron chi connectivity index (χ3n) is 2.53. The summed E-state index contributed by atoms with van der Waals surface area (Å²) in [4.78, 5) is 10.7. The minimum Gasteiger partial charge on any atom is -0.487 e. The molecule has 0 aliphatic rings. The molecular weight excluding hydrogens is 301 g/mol. The standard InChI is InChI=1S/C14H19Cl2NO3/c1-14(2,3)20-11-7-8(6-9(15)12(11)16)4-5-10(17)13(18)19/h6-7,10H,4-5,17H2,1-3H3,(H,18,19). The first kappa shape index (κ1) is 17.1. The number of benzene rings is 1. The molecule has 3 N–H and O–H groups in total. The van der Waals surface area contributed by atoms with Gasteiger partial charge in [0.15, 0.2) is 0 Å². The summed E-state index contributed by atoms with van der Waals surface area (Å²) < 4.78 is 5.74. The summed E-state index contributed by atoms with van der Waals surface area (Å²) in [7, 11) is 0. The van der Waals surface area contributed by atoms with Gasteiger partial charge in [0.25, 0.3) is 0 Å². The molecule has 20 heavy (non-hydrogen) atoms. The predicted octanol–water partition coefficient (Wildman–Crippen LogP) is 3.52. The highest BCUT2D eigenvalue weighted by molar-refractivity contribution is 6.43. The van der Waals surface area contributed by atoms with Gasteiger partial charge in [-0.3, -0.25) is 4.79 Å². The Morgan fingerprint density at radius 1 is 1.40 bits per heavy atom. The molecule has 0 aliphatic heterocycles. The number of hydrogen-bond acceptors (Lipinski definition) is 3. The number of carbonyl (C=O) groups is 1. The zero-order chi connectivity index (χ0) is 15.5. The Bertz CT molecular complexity index is 498. The number of hydrogen-bond donors (Lipinski definition) is 2. The normalized spacial score (nSPS) is 13.1. The van der Waals surface area contributed by atoms with Crippen molar-refractivity contribution in [3.05, 3.63) is 27.7 Å². The number of halogens is 2.